The Morgan fingerprint density at radius 3 is 2.62 bits per heavy atom. The number of thiazole rings is 1. The van der Waals surface area contributed by atoms with Crippen molar-refractivity contribution in [3.05, 3.63) is 33.9 Å². The van der Waals surface area contributed by atoms with Crippen molar-refractivity contribution in [2.75, 3.05) is 39.3 Å². The molecule has 8 heteroatoms. The fraction of sp³-hybridized carbons (Fsp3) is 0.500. The number of amides is 1. The molecule has 0 radical (unpaired) electrons. The van der Waals surface area contributed by atoms with Crippen LogP contribution in [0.25, 0.3) is 0 Å². The van der Waals surface area contributed by atoms with E-state index in [0.717, 1.165) is 49.0 Å². The molecule has 0 unspecified atom stereocenters. The van der Waals surface area contributed by atoms with Crippen molar-refractivity contribution < 1.29 is 9.53 Å². The summed E-state index contributed by atoms with van der Waals surface area (Å²) in [4.78, 5) is 21.6. The van der Waals surface area contributed by atoms with Crippen LogP contribution >= 0.6 is 11.3 Å². The number of rotatable bonds is 5. The van der Waals surface area contributed by atoms with Gasteiger partial charge in [0.15, 0.2) is 0 Å². The van der Waals surface area contributed by atoms with Crippen molar-refractivity contribution in [1.29, 1.82) is 0 Å². The van der Waals surface area contributed by atoms with E-state index >= 15 is 0 Å². The number of piperazine rings is 1. The number of hydrogen-bond donors (Lipinski definition) is 0. The molecule has 0 aliphatic carbocycles. The maximum Gasteiger partial charge on any atom is 0.265 e. The topological polar surface area (TPSA) is 71.5 Å². The van der Waals surface area contributed by atoms with Crippen molar-refractivity contribution in [1.82, 2.24) is 25.0 Å². The van der Waals surface area contributed by atoms with Gasteiger partial charge in [0.05, 0.1) is 16.9 Å². The molecule has 2 aromatic rings. The number of carbonyl (C=O) groups is 1. The second kappa shape index (κ2) is 7.67. The monoisotopic (exact) mass is 347 g/mol. The lowest BCUT2D eigenvalue weighted by atomic mass is 10.2. The number of hydrogen-bond acceptors (Lipinski definition) is 7. The highest BCUT2D eigenvalue weighted by molar-refractivity contribution is 7.11. The summed E-state index contributed by atoms with van der Waals surface area (Å²) in [6.07, 6.45) is 0. The van der Waals surface area contributed by atoms with Crippen molar-refractivity contribution in [3.63, 3.8) is 0 Å². The highest BCUT2D eigenvalue weighted by atomic mass is 32.1. The molecule has 1 fully saturated rings. The number of aromatic nitrogens is 3. The molecular weight excluding hydrogens is 326 g/mol. The van der Waals surface area contributed by atoms with E-state index in [1.807, 2.05) is 30.9 Å². The fourth-order valence-electron chi connectivity index (χ4n) is 2.57. The number of nitrogens with zero attached hydrogens (tertiary/aromatic N) is 5. The van der Waals surface area contributed by atoms with Gasteiger partial charge in [-0.05, 0) is 19.9 Å². The van der Waals surface area contributed by atoms with Gasteiger partial charge in [-0.1, -0.05) is 0 Å². The third kappa shape index (κ3) is 4.07. The Morgan fingerprint density at radius 2 is 2.00 bits per heavy atom. The molecule has 1 aliphatic heterocycles. The van der Waals surface area contributed by atoms with Crippen LogP contribution in [0.1, 0.15) is 21.1 Å². The van der Waals surface area contributed by atoms with Crippen LogP contribution < -0.4 is 4.74 Å². The van der Waals surface area contributed by atoms with Crippen LogP contribution in [0.15, 0.2) is 17.6 Å². The summed E-state index contributed by atoms with van der Waals surface area (Å²) < 4.78 is 5.61. The van der Waals surface area contributed by atoms with E-state index in [4.69, 9.17) is 4.74 Å². The zero-order valence-electron chi connectivity index (χ0n) is 13.9. The number of carbonyl (C=O) groups excluding carboxylic acids is 1. The normalized spacial score (nSPS) is 15.5. The average Bonchev–Trinajstić information content (AvgIpc) is 3.03. The first-order valence-corrected chi connectivity index (χ1v) is 8.86. The lowest BCUT2D eigenvalue weighted by Crippen LogP contribution is -2.49. The van der Waals surface area contributed by atoms with Crippen molar-refractivity contribution in [2.24, 2.45) is 0 Å². The molecule has 2 aromatic heterocycles. The molecule has 3 rings (SSSR count). The summed E-state index contributed by atoms with van der Waals surface area (Å²) in [5, 5.41) is 7.95. The Hall–Kier alpha value is -2.06. The highest BCUT2D eigenvalue weighted by Crippen LogP contribution is 2.16. The van der Waals surface area contributed by atoms with Crippen molar-refractivity contribution in [2.45, 2.75) is 13.8 Å². The van der Waals surface area contributed by atoms with E-state index in [1.165, 1.54) is 11.3 Å². The highest BCUT2D eigenvalue weighted by Gasteiger charge is 2.24. The van der Waals surface area contributed by atoms with E-state index in [2.05, 4.69) is 20.1 Å². The summed E-state index contributed by atoms with van der Waals surface area (Å²) in [7, 11) is 0. The summed E-state index contributed by atoms with van der Waals surface area (Å²) in [6.45, 7) is 8.34. The van der Waals surface area contributed by atoms with Gasteiger partial charge in [0.1, 0.15) is 11.5 Å². The SMILES string of the molecule is Cc1ccc(OCCN2CCN(C(=O)c3scnc3C)CC2)nn1. The molecule has 1 saturated heterocycles. The van der Waals surface area contributed by atoms with Gasteiger partial charge in [-0.25, -0.2) is 4.98 Å². The molecule has 0 spiro atoms. The quantitative estimate of drug-likeness (QED) is 0.814. The van der Waals surface area contributed by atoms with E-state index in [1.54, 1.807) is 5.51 Å². The molecule has 0 aromatic carbocycles. The van der Waals surface area contributed by atoms with E-state index in [0.29, 0.717) is 12.5 Å². The maximum atomic E-state index is 12.5. The zero-order chi connectivity index (χ0) is 16.9. The number of ether oxygens (including phenoxy) is 1. The number of aryl methyl sites for hydroxylation is 2. The van der Waals surface area contributed by atoms with E-state index in [9.17, 15) is 4.79 Å². The van der Waals surface area contributed by atoms with Gasteiger partial charge in [-0.15, -0.1) is 16.4 Å². The molecule has 0 saturated carbocycles. The van der Waals surface area contributed by atoms with Crippen molar-refractivity contribution >= 4 is 17.2 Å². The van der Waals surface area contributed by atoms with Crippen LogP contribution in [0.3, 0.4) is 0 Å². The Balaban J connectivity index is 1.41. The molecule has 1 amide bonds. The Kier molecular flexibility index (Phi) is 5.37. The van der Waals surface area contributed by atoms with Gasteiger partial charge < -0.3 is 9.64 Å². The third-order valence-electron chi connectivity index (χ3n) is 4.03. The van der Waals surface area contributed by atoms with Crippen LogP contribution in [0.4, 0.5) is 0 Å². The smallest absolute Gasteiger partial charge is 0.265 e. The molecule has 0 N–H and O–H groups in total. The third-order valence-corrected chi connectivity index (χ3v) is 4.95. The first kappa shape index (κ1) is 16.8. The Labute approximate surface area is 145 Å². The summed E-state index contributed by atoms with van der Waals surface area (Å²) in [5.74, 6) is 0.649. The molecule has 128 valence electrons. The predicted octanol–water partition coefficient (Wildman–Crippen LogP) is 1.39. The second-order valence-corrected chi connectivity index (χ2v) is 6.62. The van der Waals surface area contributed by atoms with Crippen molar-refractivity contribution in [3.8, 4) is 5.88 Å². The van der Waals surface area contributed by atoms with Gasteiger partial charge in [-0.2, -0.15) is 5.10 Å². The lowest BCUT2D eigenvalue weighted by molar-refractivity contribution is 0.0623. The summed E-state index contributed by atoms with van der Waals surface area (Å²) >= 11 is 1.42. The molecule has 1 aliphatic rings. The minimum atomic E-state index is 0.0980. The van der Waals surface area contributed by atoms with Gasteiger partial charge >= 0.3 is 0 Å². The molecule has 0 bridgehead atoms. The summed E-state index contributed by atoms with van der Waals surface area (Å²) in [6, 6.07) is 3.71. The molecular formula is C16H21N5O2S. The van der Waals surface area contributed by atoms with Crippen LogP contribution in [-0.4, -0.2) is 70.2 Å². The standard InChI is InChI=1S/C16H21N5O2S/c1-12-3-4-14(19-18-12)23-10-9-20-5-7-21(8-6-20)16(22)15-13(2)17-11-24-15/h3-4,11H,5-10H2,1-2H3. The van der Waals surface area contributed by atoms with E-state index < -0.39 is 0 Å². The van der Waals surface area contributed by atoms with Gasteiger partial charge in [0.2, 0.25) is 5.88 Å². The minimum absolute atomic E-state index is 0.0980. The fourth-order valence-corrected chi connectivity index (χ4v) is 3.34. The van der Waals surface area contributed by atoms with Gasteiger partial charge in [0, 0.05) is 38.8 Å². The first-order chi connectivity index (χ1) is 11.6. The molecule has 7 nitrogen and oxygen atoms in total. The largest absolute Gasteiger partial charge is 0.475 e. The predicted molar refractivity (Wildman–Crippen MR) is 91.5 cm³/mol. The van der Waals surface area contributed by atoms with Crippen LogP contribution in [0.2, 0.25) is 0 Å². The van der Waals surface area contributed by atoms with Gasteiger partial charge in [0.25, 0.3) is 5.91 Å². The maximum absolute atomic E-state index is 12.5. The van der Waals surface area contributed by atoms with Crippen LogP contribution in [0.5, 0.6) is 5.88 Å². The Bertz CT molecular complexity index is 680. The van der Waals surface area contributed by atoms with Crippen LogP contribution in [-0.2, 0) is 0 Å². The van der Waals surface area contributed by atoms with E-state index in [-0.39, 0.29) is 5.91 Å². The van der Waals surface area contributed by atoms with Gasteiger partial charge in [-0.3, -0.25) is 9.69 Å². The summed E-state index contributed by atoms with van der Waals surface area (Å²) in [5.41, 5.74) is 3.42. The Morgan fingerprint density at radius 1 is 1.21 bits per heavy atom. The first-order valence-electron chi connectivity index (χ1n) is 7.98. The molecule has 0 atom stereocenters. The lowest BCUT2D eigenvalue weighted by Gasteiger charge is -2.34. The zero-order valence-corrected chi connectivity index (χ0v) is 14.8. The second-order valence-electron chi connectivity index (χ2n) is 5.76. The minimum Gasteiger partial charge on any atom is -0.475 e. The average molecular weight is 347 g/mol. The molecule has 24 heavy (non-hydrogen) atoms. The molecule has 3 heterocycles. The van der Waals surface area contributed by atoms with Crippen LogP contribution in [0, 0.1) is 13.8 Å².